The van der Waals surface area contributed by atoms with E-state index in [9.17, 15) is 4.79 Å². The van der Waals surface area contributed by atoms with Crippen LogP contribution in [0.4, 0.5) is 0 Å². The molecular formula is C12H17BrClNOS. The van der Waals surface area contributed by atoms with Crippen molar-refractivity contribution in [1.29, 1.82) is 0 Å². The number of rotatable bonds is 6. The predicted molar refractivity (Wildman–Crippen MR) is 78.5 cm³/mol. The SMILES string of the molecule is CCC(CC)N(CCBr)C(=O)c1sccc1Cl. The predicted octanol–water partition coefficient (Wildman–Crippen LogP) is 4.43. The quantitative estimate of drug-likeness (QED) is 0.703. The van der Waals surface area contributed by atoms with Gasteiger partial charge in [-0.3, -0.25) is 4.79 Å². The first-order valence-corrected chi connectivity index (χ1v) is 8.13. The number of hydrogen-bond acceptors (Lipinski definition) is 2. The van der Waals surface area contributed by atoms with E-state index in [1.165, 1.54) is 11.3 Å². The first-order valence-electron chi connectivity index (χ1n) is 5.75. The fourth-order valence-electron chi connectivity index (χ4n) is 1.85. The maximum Gasteiger partial charge on any atom is 0.265 e. The Morgan fingerprint density at radius 1 is 1.53 bits per heavy atom. The molecule has 1 amide bonds. The van der Waals surface area contributed by atoms with Crippen molar-refractivity contribution in [1.82, 2.24) is 4.90 Å². The molecule has 0 spiro atoms. The van der Waals surface area contributed by atoms with Gasteiger partial charge < -0.3 is 4.90 Å². The highest BCUT2D eigenvalue weighted by atomic mass is 79.9. The summed E-state index contributed by atoms with van der Waals surface area (Å²) in [6.07, 6.45) is 1.94. The van der Waals surface area contributed by atoms with Crippen LogP contribution in [0, 0.1) is 0 Å². The molecule has 5 heteroatoms. The number of alkyl halides is 1. The van der Waals surface area contributed by atoms with Gasteiger partial charge in [0, 0.05) is 17.9 Å². The number of carbonyl (C=O) groups is 1. The maximum atomic E-state index is 12.4. The van der Waals surface area contributed by atoms with Crippen LogP contribution in [0.3, 0.4) is 0 Å². The smallest absolute Gasteiger partial charge is 0.265 e. The molecule has 0 saturated carbocycles. The molecule has 0 radical (unpaired) electrons. The summed E-state index contributed by atoms with van der Waals surface area (Å²) in [7, 11) is 0. The Bertz CT molecular complexity index is 365. The third-order valence-corrected chi connectivity index (χ3v) is 4.47. The van der Waals surface area contributed by atoms with Crippen LogP contribution in [-0.4, -0.2) is 28.7 Å². The van der Waals surface area contributed by atoms with Gasteiger partial charge in [0.25, 0.3) is 5.91 Å². The van der Waals surface area contributed by atoms with E-state index in [1.54, 1.807) is 6.07 Å². The van der Waals surface area contributed by atoms with Gasteiger partial charge in [-0.2, -0.15) is 0 Å². The lowest BCUT2D eigenvalue weighted by Crippen LogP contribution is -2.40. The van der Waals surface area contributed by atoms with Gasteiger partial charge in [-0.25, -0.2) is 0 Å². The van der Waals surface area contributed by atoms with Crippen LogP contribution in [0.1, 0.15) is 36.4 Å². The van der Waals surface area contributed by atoms with E-state index >= 15 is 0 Å². The average molecular weight is 339 g/mol. The standard InChI is InChI=1S/C12H17BrClNOS/c1-3-9(4-2)15(7-6-13)12(16)11-10(14)5-8-17-11/h5,8-9H,3-4,6-7H2,1-2H3. The highest BCUT2D eigenvalue weighted by Gasteiger charge is 2.24. The highest BCUT2D eigenvalue weighted by Crippen LogP contribution is 2.25. The Labute approximate surface area is 120 Å². The van der Waals surface area contributed by atoms with Crippen molar-refractivity contribution in [2.75, 3.05) is 11.9 Å². The van der Waals surface area contributed by atoms with Crippen LogP contribution >= 0.6 is 38.9 Å². The lowest BCUT2D eigenvalue weighted by Gasteiger charge is -2.29. The van der Waals surface area contributed by atoms with Crippen molar-refractivity contribution in [3.8, 4) is 0 Å². The van der Waals surface area contributed by atoms with Crippen LogP contribution in [0.25, 0.3) is 0 Å². The zero-order chi connectivity index (χ0) is 12.8. The topological polar surface area (TPSA) is 20.3 Å². The monoisotopic (exact) mass is 337 g/mol. The zero-order valence-corrected chi connectivity index (χ0v) is 13.2. The van der Waals surface area contributed by atoms with E-state index in [4.69, 9.17) is 11.6 Å². The fourth-order valence-corrected chi connectivity index (χ4v) is 3.32. The van der Waals surface area contributed by atoms with E-state index in [0.717, 1.165) is 24.7 Å². The molecule has 17 heavy (non-hydrogen) atoms. The van der Waals surface area contributed by atoms with Crippen molar-refractivity contribution < 1.29 is 4.79 Å². The lowest BCUT2D eigenvalue weighted by molar-refractivity contribution is 0.0688. The molecule has 1 aromatic rings. The van der Waals surface area contributed by atoms with Crippen molar-refractivity contribution in [3.05, 3.63) is 21.3 Å². The largest absolute Gasteiger partial charge is 0.334 e. The minimum atomic E-state index is 0.0538. The van der Waals surface area contributed by atoms with Gasteiger partial charge in [0.05, 0.1) is 5.02 Å². The molecule has 0 fully saturated rings. The van der Waals surface area contributed by atoms with Crippen molar-refractivity contribution in [3.63, 3.8) is 0 Å². The van der Waals surface area contributed by atoms with Gasteiger partial charge in [0.1, 0.15) is 4.88 Å². The molecular weight excluding hydrogens is 322 g/mol. The summed E-state index contributed by atoms with van der Waals surface area (Å²) >= 11 is 10.8. The summed E-state index contributed by atoms with van der Waals surface area (Å²) in [6.45, 7) is 4.94. The third-order valence-electron chi connectivity index (χ3n) is 2.78. The summed E-state index contributed by atoms with van der Waals surface area (Å²) in [4.78, 5) is 15.0. The molecule has 0 aliphatic rings. The minimum absolute atomic E-state index is 0.0538. The number of hydrogen-bond donors (Lipinski definition) is 0. The Hall–Kier alpha value is -0.0600. The number of amides is 1. The molecule has 1 aromatic heterocycles. The average Bonchev–Trinajstić information content (AvgIpc) is 2.75. The normalized spacial score (nSPS) is 10.9. The van der Waals surface area contributed by atoms with E-state index in [-0.39, 0.29) is 5.91 Å². The van der Waals surface area contributed by atoms with E-state index in [2.05, 4.69) is 29.8 Å². The van der Waals surface area contributed by atoms with E-state index in [1.807, 2.05) is 10.3 Å². The molecule has 2 nitrogen and oxygen atoms in total. The van der Waals surface area contributed by atoms with Crippen LogP contribution < -0.4 is 0 Å². The van der Waals surface area contributed by atoms with Gasteiger partial charge in [0.2, 0.25) is 0 Å². The molecule has 0 aliphatic heterocycles. The number of halogens is 2. The molecule has 96 valence electrons. The molecule has 0 atom stereocenters. The second kappa shape index (κ2) is 7.39. The molecule has 0 unspecified atom stereocenters. The Kier molecular flexibility index (Phi) is 6.52. The third kappa shape index (κ3) is 3.70. The number of carbonyl (C=O) groups excluding carboxylic acids is 1. The molecule has 1 rings (SSSR count). The van der Waals surface area contributed by atoms with Gasteiger partial charge in [0.15, 0.2) is 0 Å². The first-order chi connectivity index (χ1) is 8.15. The van der Waals surface area contributed by atoms with Gasteiger partial charge in [-0.1, -0.05) is 41.4 Å². The molecule has 0 bridgehead atoms. The van der Waals surface area contributed by atoms with Crippen molar-refractivity contribution in [2.24, 2.45) is 0 Å². The summed E-state index contributed by atoms with van der Waals surface area (Å²) in [5.74, 6) is 0.0538. The number of thiophene rings is 1. The second-order valence-electron chi connectivity index (χ2n) is 3.76. The highest BCUT2D eigenvalue weighted by molar-refractivity contribution is 9.09. The number of nitrogens with zero attached hydrogens (tertiary/aromatic N) is 1. The summed E-state index contributed by atoms with van der Waals surface area (Å²) in [5.41, 5.74) is 0. The molecule has 0 saturated heterocycles. The zero-order valence-electron chi connectivity index (χ0n) is 10.1. The summed E-state index contributed by atoms with van der Waals surface area (Å²) < 4.78 is 0. The molecule has 0 N–H and O–H groups in total. The fraction of sp³-hybridized carbons (Fsp3) is 0.583. The van der Waals surface area contributed by atoms with Crippen LogP contribution in [-0.2, 0) is 0 Å². The second-order valence-corrected chi connectivity index (χ2v) is 5.87. The molecule has 0 aliphatic carbocycles. The molecule has 0 aromatic carbocycles. The van der Waals surface area contributed by atoms with E-state index in [0.29, 0.717) is 15.9 Å². The first kappa shape index (κ1) is 15.0. The van der Waals surface area contributed by atoms with Crippen LogP contribution in [0.15, 0.2) is 11.4 Å². The van der Waals surface area contributed by atoms with Gasteiger partial charge >= 0.3 is 0 Å². The maximum absolute atomic E-state index is 12.4. The molecule has 1 heterocycles. The summed E-state index contributed by atoms with van der Waals surface area (Å²) in [5, 5.41) is 3.21. The minimum Gasteiger partial charge on any atom is -0.334 e. The van der Waals surface area contributed by atoms with Crippen LogP contribution in [0.5, 0.6) is 0 Å². The Morgan fingerprint density at radius 2 is 2.18 bits per heavy atom. The van der Waals surface area contributed by atoms with Gasteiger partial charge in [-0.15, -0.1) is 11.3 Å². The Morgan fingerprint density at radius 3 is 2.59 bits per heavy atom. The van der Waals surface area contributed by atoms with Crippen LogP contribution in [0.2, 0.25) is 5.02 Å². The Balaban J connectivity index is 2.91. The van der Waals surface area contributed by atoms with E-state index < -0.39 is 0 Å². The summed E-state index contributed by atoms with van der Waals surface area (Å²) in [6, 6.07) is 2.07. The lowest BCUT2D eigenvalue weighted by atomic mass is 10.1. The van der Waals surface area contributed by atoms with Gasteiger partial charge in [-0.05, 0) is 24.3 Å². The van der Waals surface area contributed by atoms with Crippen molar-refractivity contribution in [2.45, 2.75) is 32.7 Å². The van der Waals surface area contributed by atoms with Crippen molar-refractivity contribution >= 4 is 44.8 Å².